The van der Waals surface area contributed by atoms with Crippen molar-refractivity contribution in [1.82, 2.24) is 9.97 Å². The van der Waals surface area contributed by atoms with Gasteiger partial charge in [0.1, 0.15) is 0 Å². The minimum Gasteiger partial charge on any atom is -0.348 e. The molecule has 1 aromatic heterocycles. The van der Waals surface area contributed by atoms with Crippen LogP contribution in [-0.2, 0) is 0 Å². The fourth-order valence-electron chi connectivity index (χ4n) is 0.730. The molecule has 0 aliphatic heterocycles. The van der Waals surface area contributed by atoms with E-state index in [9.17, 15) is 0 Å². The van der Waals surface area contributed by atoms with Crippen LogP contribution in [0, 0.1) is 6.92 Å². The molecule has 12 heavy (non-hydrogen) atoms. The van der Waals surface area contributed by atoms with Crippen molar-refractivity contribution in [2.75, 3.05) is 5.32 Å². The normalized spacial score (nSPS) is 12.2. The zero-order valence-electron chi connectivity index (χ0n) is 7.41. The highest BCUT2D eigenvalue weighted by Crippen LogP contribution is 2.00. The predicted octanol–water partition coefficient (Wildman–Crippen LogP) is 1.77. The number of anilines is 1. The van der Waals surface area contributed by atoms with Crippen LogP contribution in [0.2, 0.25) is 0 Å². The topological polar surface area (TPSA) is 37.8 Å². The fourth-order valence-corrected chi connectivity index (χ4v) is 0.730. The summed E-state index contributed by atoms with van der Waals surface area (Å²) < 4.78 is 0. The molecule has 0 saturated heterocycles. The molecule has 0 aromatic carbocycles. The lowest BCUT2D eigenvalue weighted by atomic mass is 10.3. The van der Waals surface area contributed by atoms with Crippen LogP contribution in [0.25, 0.3) is 0 Å². The third-order valence-corrected chi connectivity index (χ3v) is 1.49. The second-order valence-corrected chi connectivity index (χ2v) is 2.75. The predicted molar refractivity (Wildman–Crippen MR) is 50.1 cm³/mol. The average molecular weight is 163 g/mol. The fraction of sp³-hybridized carbons (Fsp3) is 0.333. The van der Waals surface area contributed by atoms with Gasteiger partial charge in [-0.15, -0.1) is 6.58 Å². The van der Waals surface area contributed by atoms with Crippen molar-refractivity contribution < 1.29 is 0 Å². The van der Waals surface area contributed by atoms with Crippen LogP contribution in [0.1, 0.15) is 12.5 Å². The third-order valence-electron chi connectivity index (χ3n) is 1.49. The smallest absolute Gasteiger partial charge is 0.223 e. The number of nitrogens with zero attached hydrogens (tertiary/aromatic N) is 2. The van der Waals surface area contributed by atoms with Crippen molar-refractivity contribution in [2.45, 2.75) is 19.9 Å². The molecule has 1 rings (SSSR count). The first-order valence-electron chi connectivity index (χ1n) is 3.90. The summed E-state index contributed by atoms with van der Waals surface area (Å²) in [7, 11) is 0. The minimum absolute atomic E-state index is 0.202. The largest absolute Gasteiger partial charge is 0.348 e. The molecule has 1 unspecified atom stereocenters. The molecule has 0 aliphatic carbocycles. The quantitative estimate of drug-likeness (QED) is 0.690. The maximum atomic E-state index is 4.10. The Labute approximate surface area is 72.6 Å². The van der Waals surface area contributed by atoms with Crippen molar-refractivity contribution in [3.05, 3.63) is 30.6 Å². The molecule has 0 spiro atoms. The minimum atomic E-state index is 0.202. The Morgan fingerprint density at radius 1 is 1.50 bits per heavy atom. The number of nitrogens with one attached hydrogen (secondary N) is 1. The first-order chi connectivity index (χ1) is 5.72. The molecular formula is C9H13N3. The van der Waals surface area contributed by atoms with E-state index in [1.165, 1.54) is 0 Å². The van der Waals surface area contributed by atoms with Crippen molar-refractivity contribution in [3.8, 4) is 0 Å². The number of hydrogen-bond acceptors (Lipinski definition) is 3. The summed E-state index contributed by atoms with van der Waals surface area (Å²) in [6.45, 7) is 7.61. The van der Waals surface area contributed by atoms with Gasteiger partial charge < -0.3 is 5.32 Å². The maximum absolute atomic E-state index is 4.10. The third kappa shape index (κ3) is 2.34. The molecule has 64 valence electrons. The summed E-state index contributed by atoms with van der Waals surface area (Å²) in [5.41, 5.74) is 1.06. The Morgan fingerprint density at radius 2 is 2.08 bits per heavy atom. The van der Waals surface area contributed by atoms with E-state index in [2.05, 4.69) is 21.9 Å². The Hall–Kier alpha value is -1.38. The van der Waals surface area contributed by atoms with E-state index in [-0.39, 0.29) is 6.04 Å². The van der Waals surface area contributed by atoms with Gasteiger partial charge in [0.2, 0.25) is 5.95 Å². The van der Waals surface area contributed by atoms with Gasteiger partial charge in [0.25, 0.3) is 0 Å². The average Bonchev–Trinajstić information content (AvgIpc) is 2.09. The van der Waals surface area contributed by atoms with Crippen molar-refractivity contribution in [3.63, 3.8) is 0 Å². The van der Waals surface area contributed by atoms with Crippen molar-refractivity contribution >= 4 is 5.95 Å². The lowest BCUT2D eigenvalue weighted by Gasteiger charge is -2.07. The van der Waals surface area contributed by atoms with Crippen molar-refractivity contribution in [2.24, 2.45) is 0 Å². The summed E-state index contributed by atoms with van der Waals surface area (Å²) in [5, 5.41) is 3.08. The molecular weight excluding hydrogens is 150 g/mol. The summed E-state index contributed by atoms with van der Waals surface area (Å²) >= 11 is 0. The first-order valence-corrected chi connectivity index (χ1v) is 3.90. The SMILES string of the molecule is C=CC(C)Nc1ncc(C)cn1. The molecule has 1 N–H and O–H groups in total. The summed E-state index contributed by atoms with van der Waals surface area (Å²) in [4.78, 5) is 8.19. The Kier molecular flexibility index (Phi) is 2.80. The van der Waals surface area contributed by atoms with Gasteiger partial charge in [0.15, 0.2) is 0 Å². The van der Waals surface area contributed by atoms with Crippen LogP contribution in [0.5, 0.6) is 0 Å². The Morgan fingerprint density at radius 3 is 2.58 bits per heavy atom. The van der Waals surface area contributed by atoms with E-state index in [4.69, 9.17) is 0 Å². The maximum Gasteiger partial charge on any atom is 0.223 e. The molecule has 0 saturated carbocycles. The molecule has 1 heterocycles. The Balaban J connectivity index is 2.64. The van der Waals surface area contributed by atoms with E-state index >= 15 is 0 Å². The van der Waals surface area contributed by atoms with Crippen LogP contribution in [0.4, 0.5) is 5.95 Å². The Bertz CT molecular complexity index is 253. The lowest BCUT2D eigenvalue weighted by Crippen LogP contribution is -2.13. The molecule has 0 bridgehead atoms. The van der Waals surface area contributed by atoms with Gasteiger partial charge in [0, 0.05) is 18.4 Å². The van der Waals surface area contributed by atoms with Gasteiger partial charge in [-0.25, -0.2) is 9.97 Å². The van der Waals surface area contributed by atoms with E-state index < -0.39 is 0 Å². The van der Waals surface area contributed by atoms with Crippen LogP contribution in [0.3, 0.4) is 0 Å². The van der Waals surface area contributed by atoms with Gasteiger partial charge >= 0.3 is 0 Å². The number of aryl methyl sites for hydroxylation is 1. The zero-order chi connectivity index (χ0) is 8.97. The molecule has 0 amide bonds. The molecule has 3 nitrogen and oxygen atoms in total. The molecule has 0 fully saturated rings. The van der Waals surface area contributed by atoms with Crippen molar-refractivity contribution in [1.29, 1.82) is 0 Å². The lowest BCUT2D eigenvalue weighted by molar-refractivity contribution is 0.953. The standard InChI is InChI=1S/C9H13N3/c1-4-8(3)12-9-10-5-7(2)6-11-9/h4-6,8H,1H2,2-3H3,(H,10,11,12). The van der Waals surface area contributed by atoms with E-state index in [1.807, 2.05) is 19.9 Å². The summed E-state index contributed by atoms with van der Waals surface area (Å²) in [5.74, 6) is 0.646. The molecule has 0 aliphatic rings. The number of rotatable bonds is 3. The van der Waals surface area contributed by atoms with Crippen LogP contribution in [0.15, 0.2) is 25.0 Å². The van der Waals surface area contributed by atoms with Gasteiger partial charge in [0.05, 0.1) is 0 Å². The molecule has 3 heteroatoms. The summed E-state index contributed by atoms with van der Waals surface area (Å²) in [6, 6.07) is 0.202. The highest BCUT2D eigenvalue weighted by molar-refractivity contribution is 5.27. The van der Waals surface area contributed by atoms with E-state index in [0.717, 1.165) is 5.56 Å². The molecule has 0 radical (unpaired) electrons. The molecule has 1 atom stereocenters. The van der Waals surface area contributed by atoms with E-state index in [1.54, 1.807) is 12.4 Å². The van der Waals surface area contributed by atoms with Gasteiger partial charge in [-0.3, -0.25) is 0 Å². The van der Waals surface area contributed by atoms with Crippen LogP contribution < -0.4 is 5.32 Å². The second-order valence-electron chi connectivity index (χ2n) is 2.75. The van der Waals surface area contributed by atoms with Crippen LogP contribution >= 0.6 is 0 Å². The first kappa shape index (κ1) is 8.71. The van der Waals surface area contributed by atoms with Gasteiger partial charge in [-0.1, -0.05) is 6.08 Å². The highest BCUT2D eigenvalue weighted by Gasteiger charge is 1.97. The van der Waals surface area contributed by atoms with Gasteiger partial charge in [-0.05, 0) is 19.4 Å². The number of aromatic nitrogens is 2. The summed E-state index contributed by atoms with van der Waals surface area (Å²) in [6.07, 6.45) is 5.37. The molecule has 1 aromatic rings. The number of hydrogen-bond donors (Lipinski definition) is 1. The van der Waals surface area contributed by atoms with Gasteiger partial charge in [-0.2, -0.15) is 0 Å². The zero-order valence-corrected chi connectivity index (χ0v) is 7.41. The van der Waals surface area contributed by atoms with E-state index in [0.29, 0.717) is 5.95 Å². The second kappa shape index (κ2) is 3.85. The monoisotopic (exact) mass is 163 g/mol. The van der Waals surface area contributed by atoms with Crippen LogP contribution in [-0.4, -0.2) is 16.0 Å². The highest BCUT2D eigenvalue weighted by atomic mass is 15.1.